The van der Waals surface area contributed by atoms with Gasteiger partial charge in [-0.3, -0.25) is 4.79 Å². The average molecular weight is 326 g/mol. The highest BCUT2D eigenvalue weighted by atomic mass is 79.9. The van der Waals surface area contributed by atoms with Crippen molar-refractivity contribution in [3.05, 3.63) is 34.3 Å². The molecule has 0 saturated heterocycles. The molecule has 1 aromatic carbocycles. The minimum atomic E-state index is -0.785. The topological polar surface area (TPSA) is 52.3 Å². The summed E-state index contributed by atoms with van der Waals surface area (Å²) >= 11 is 3.38. The number of nitrogens with two attached hydrogens (primary N) is 1. The van der Waals surface area contributed by atoms with E-state index in [2.05, 4.69) is 22.9 Å². The van der Waals surface area contributed by atoms with E-state index in [-0.39, 0.29) is 5.97 Å². The molecule has 0 amide bonds. The minimum Gasteiger partial charge on any atom is -0.459 e. The molecular formula is C15H20BrNO2. The summed E-state index contributed by atoms with van der Waals surface area (Å²) < 4.78 is 6.39. The molecule has 4 heteroatoms. The van der Waals surface area contributed by atoms with Gasteiger partial charge in [0, 0.05) is 4.47 Å². The van der Waals surface area contributed by atoms with E-state index < -0.39 is 5.54 Å². The molecule has 3 nitrogen and oxygen atoms in total. The molecule has 0 heterocycles. The second-order valence-corrected chi connectivity index (χ2v) is 6.48. The lowest BCUT2D eigenvalue weighted by atomic mass is 9.77. The second-order valence-electron chi connectivity index (χ2n) is 5.56. The van der Waals surface area contributed by atoms with E-state index in [0.29, 0.717) is 12.5 Å². The van der Waals surface area contributed by atoms with Crippen LogP contribution >= 0.6 is 15.9 Å². The molecule has 2 atom stereocenters. The lowest BCUT2D eigenvalue weighted by Crippen LogP contribution is -2.51. The van der Waals surface area contributed by atoms with Crippen LogP contribution in [0.4, 0.5) is 0 Å². The van der Waals surface area contributed by atoms with Crippen molar-refractivity contribution < 1.29 is 9.53 Å². The molecule has 2 N–H and O–H groups in total. The standard InChI is InChI=1S/C15H20BrNO2/c1-11-3-2-8-15(17,9-11)14(18)19-10-12-4-6-13(16)7-5-12/h4-7,11H,2-3,8-10,17H2,1H3. The van der Waals surface area contributed by atoms with Crippen LogP contribution in [0.2, 0.25) is 0 Å². The maximum Gasteiger partial charge on any atom is 0.326 e. The van der Waals surface area contributed by atoms with Gasteiger partial charge in [-0.05, 0) is 36.5 Å². The second kappa shape index (κ2) is 6.06. The highest BCUT2D eigenvalue weighted by Gasteiger charge is 2.39. The number of hydrogen-bond donors (Lipinski definition) is 1. The largest absolute Gasteiger partial charge is 0.459 e. The SMILES string of the molecule is CC1CCCC(N)(C(=O)OCc2ccc(Br)cc2)C1. The number of carbonyl (C=O) groups excluding carboxylic acids is 1. The fourth-order valence-electron chi connectivity index (χ4n) is 2.65. The fourth-order valence-corrected chi connectivity index (χ4v) is 2.91. The lowest BCUT2D eigenvalue weighted by molar-refractivity contribution is -0.153. The van der Waals surface area contributed by atoms with Crippen LogP contribution in [0.25, 0.3) is 0 Å². The number of hydrogen-bond acceptors (Lipinski definition) is 3. The summed E-state index contributed by atoms with van der Waals surface area (Å²) in [6.45, 7) is 2.43. The quantitative estimate of drug-likeness (QED) is 0.866. The number of benzene rings is 1. The predicted molar refractivity (Wildman–Crippen MR) is 78.5 cm³/mol. The summed E-state index contributed by atoms with van der Waals surface area (Å²) in [5.74, 6) is 0.237. The Kier molecular flexibility index (Phi) is 4.63. The van der Waals surface area contributed by atoms with Gasteiger partial charge in [0.25, 0.3) is 0 Å². The molecule has 0 spiro atoms. The number of carbonyl (C=O) groups is 1. The Bertz CT molecular complexity index is 446. The summed E-state index contributed by atoms with van der Waals surface area (Å²) in [5.41, 5.74) is 6.39. The van der Waals surface area contributed by atoms with Gasteiger partial charge >= 0.3 is 5.97 Å². The van der Waals surface area contributed by atoms with Crippen LogP contribution in [0.5, 0.6) is 0 Å². The van der Waals surface area contributed by atoms with Crippen LogP contribution < -0.4 is 5.73 Å². The summed E-state index contributed by atoms with van der Waals surface area (Å²) in [7, 11) is 0. The Balaban J connectivity index is 1.91. The third-order valence-corrected chi connectivity index (χ3v) is 4.25. The maximum absolute atomic E-state index is 12.1. The Labute approximate surface area is 122 Å². The first kappa shape index (κ1) is 14.5. The number of rotatable bonds is 3. The van der Waals surface area contributed by atoms with Crippen LogP contribution in [-0.4, -0.2) is 11.5 Å². The summed E-state index contributed by atoms with van der Waals surface area (Å²) in [6.07, 6.45) is 3.62. The third kappa shape index (κ3) is 3.80. The Morgan fingerprint density at radius 3 is 2.79 bits per heavy atom. The van der Waals surface area contributed by atoms with Crippen LogP contribution in [0.1, 0.15) is 38.2 Å². The van der Waals surface area contributed by atoms with E-state index in [1.165, 1.54) is 0 Å². The molecule has 0 radical (unpaired) electrons. The van der Waals surface area contributed by atoms with Crippen molar-refractivity contribution in [3.63, 3.8) is 0 Å². The van der Waals surface area contributed by atoms with Crippen molar-refractivity contribution in [3.8, 4) is 0 Å². The predicted octanol–water partition coefficient (Wildman–Crippen LogP) is 3.40. The third-order valence-electron chi connectivity index (χ3n) is 3.72. The van der Waals surface area contributed by atoms with Gasteiger partial charge in [0.2, 0.25) is 0 Å². The first-order valence-corrected chi connectivity index (χ1v) is 7.49. The van der Waals surface area contributed by atoms with Crippen LogP contribution in [0.15, 0.2) is 28.7 Å². The van der Waals surface area contributed by atoms with Gasteiger partial charge in [-0.15, -0.1) is 0 Å². The van der Waals surface area contributed by atoms with Gasteiger partial charge in [-0.25, -0.2) is 0 Å². The van der Waals surface area contributed by atoms with Gasteiger partial charge < -0.3 is 10.5 Å². The highest BCUT2D eigenvalue weighted by molar-refractivity contribution is 9.10. The molecule has 0 bridgehead atoms. The Hall–Kier alpha value is -0.870. The minimum absolute atomic E-state index is 0.262. The molecule has 1 aliphatic rings. The van der Waals surface area contributed by atoms with Crippen molar-refractivity contribution in [2.75, 3.05) is 0 Å². The first-order valence-electron chi connectivity index (χ1n) is 6.70. The Morgan fingerprint density at radius 2 is 2.16 bits per heavy atom. The molecule has 1 saturated carbocycles. The van der Waals surface area contributed by atoms with E-state index in [4.69, 9.17) is 10.5 Å². The number of esters is 1. The zero-order chi connectivity index (χ0) is 13.9. The zero-order valence-electron chi connectivity index (χ0n) is 11.2. The molecule has 1 fully saturated rings. The number of halogens is 1. The van der Waals surface area contributed by atoms with Crippen LogP contribution in [0, 0.1) is 5.92 Å². The van der Waals surface area contributed by atoms with Crippen LogP contribution in [-0.2, 0) is 16.1 Å². The van der Waals surface area contributed by atoms with Crippen LogP contribution in [0.3, 0.4) is 0 Å². The van der Waals surface area contributed by atoms with E-state index in [1.807, 2.05) is 24.3 Å². The fraction of sp³-hybridized carbons (Fsp3) is 0.533. The average Bonchev–Trinajstić information content (AvgIpc) is 2.37. The van der Waals surface area contributed by atoms with E-state index in [9.17, 15) is 4.79 Å². The normalized spacial score (nSPS) is 27.0. The molecule has 0 aliphatic heterocycles. The van der Waals surface area contributed by atoms with Gasteiger partial charge in [0.1, 0.15) is 12.1 Å². The monoisotopic (exact) mass is 325 g/mol. The molecular weight excluding hydrogens is 306 g/mol. The number of ether oxygens (including phenoxy) is 1. The van der Waals surface area contributed by atoms with Crippen molar-refractivity contribution in [2.24, 2.45) is 11.7 Å². The first-order chi connectivity index (χ1) is 8.99. The van der Waals surface area contributed by atoms with Crippen molar-refractivity contribution in [1.29, 1.82) is 0 Å². The highest BCUT2D eigenvalue weighted by Crippen LogP contribution is 2.31. The smallest absolute Gasteiger partial charge is 0.326 e. The summed E-state index contributed by atoms with van der Waals surface area (Å²) in [4.78, 5) is 12.1. The van der Waals surface area contributed by atoms with Crippen molar-refractivity contribution in [1.82, 2.24) is 0 Å². The molecule has 2 unspecified atom stereocenters. The van der Waals surface area contributed by atoms with Gasteiger partial charge in [0.05, 0.1) is 0 Å². The van der Waals surface area contributed by atoms with Crippen molar-refractivity contribution in [2.45, 2.75) is 44.8 Å². The molecule has 0 aromatic heterocycles. The Morgan fingerprint density at radius 1 is 1.47 bits per heavy atom. The molecule has 104 valence electrons. The van der Waals surface area contributed by atoms with E-state index in [0.717, 1.165) is 35.7 Å². The van der Waals surface area contributed by atoms with Crippen molar-refractivity contribution >= 4 is 21.9 Å². The summed E-state index contributed by atoms with van der Waals surface area (Å²) in [6, 6.07) is 7.74. The lowest BCUT2D eigenvalue weighted by Gasteiger charge is -2.34. The molecule has 1 aromatic rings. The molecule has 19 heavy (non-hydrogen) atoms. The molecule has 2 rings (SSSR count). The van der Waals surface area contributed by atoms with Gasteiger partial charge in [-0.1, -0.05) is 47.8 Å². The van der Waals surface area contributed by atoms with Gasteiger partial charge in [-0.2, -0.15) is 0 Å². The van der Waals surface area contributed by atoms with E-state index in [1.54, 1.807) is 0 Å². The zero-order valence-corrected chi connectivity index (χ0v) is 12.8. The maximum atomic E-state index is 12.1. The molecule has 1 aliphatic carbocycles. The van der Waals surface area contributed by atoms with Gasteiger partial charge in [0.15, 0.2) is 0 Å². The van der Waals surface area contributed by atoms with E-state index >= 15 is 0 Å². The summed E-state index contributed by atoms with van der Waals surface area (Å²) in [5, 5.41) is 0.